The number of benzene rings is 2. The molecular weight excluding hydrogens is 352 g/mol. The molecule has 0 aliphatic heterocycles. The summed E-state index contributed by atoms with van der Waals surface area (Å²) in [5, 5.41) is 7.74. The van der Waals surface area contributed by atoms with Gasteiger partial charge in [0.2, 0.25) is 11.8 Å². The molecule has 21 heavy (non-hydrogen) atoms. The Morgan fingerprint density at radius 1 is 1.10 bits per heavy atom. The average molecular weight is 364 g/mol. The van der Waals surface area contributed by atoms with Gasteiger partial charge in [0, 0.05) is 10.0 Å². The lowest BCUT2D eigenvalue weighted by molar-refractivity contribution is 0.513. The number of aromatic nitrogens is 2. The van der Waals surface area contributed by atoms with Crippen LogP contribution < -0.4 is 0 Å². The van der Waals surface area contributed by atoms with Crippen molar-refractivity contribution in [3.8, 4) is 11.5 Å². The molecule has 0 spiro atoms. The van der Waals surface area contributed by atoms with Gasteiger partial charge < -0.3 is 4.42 Å². The van der Waals surface area contributed by atoms with Gasteiger partial charge in [-0.1, -0.05) is 52.3 Å². The lowest BCUT2D eigenvalue weighted by Gasteiger charge is -2.04. The van der Waals surface area contributed by atoms with Crippen molar-refractivity contribution >= 4 is 27.5 Å². The topological polar surface area (TPSA) is 38.9 Å². The smallest absolute Gasteiger partial charge is 0.248 e. The summed E-state index contributed by atoms with van der Waals surface area (Å²) < 4.78 is 6.71. The summed E-state index contributed by atoms with van der Waals surface area (Å²) >= 11 is 9.85. The molecule has 1 atom stereocenters. The number of alkyl halides is 1. The van der Waals surface area contributed by atoms with Crippen molar-refractivity contribution < 1.29 is 4.42 Å². The first-order chi connectivity index (χ1) is 10.1. The summed E-state index contributed by atoms with van der Waals surface area (Å²) in [6.45, 7) is 2.00. The third kappa shape index (κ3) is 3.01. The molecule has 1 unspecified atom stereocenters. The van der Waals surface area contributed by atoms with Crippen molar-refractivity contribution in [3.05, 3.63) is 70.0 Å². The molecule has 0 saturated heterocycles. The maximum atomic E-state index is 6.40. The fourth-order valence-electron chi connectivity index (χ4n) is 2.04. The zero-order valence-electron chi connectivity index (χ0n) is 11.3. The zero-order valence-corrected chi connectivity index (χ0v) is 13.6. The van der Waals surface area contributed by atoms with Crippen LogP contribution in [0.25, 0.3) is 11.5 Å². The summed E-state index contributed by atoms with van der Waals surface area (Å²) in [4.78, 5) is 0. The molecule has 5 heteroatoms. The van der Waals surface area contributed by atoms with E-state index in [1.807, 2.05) is 55.5 Å². The first-order valence-corrected chi connectivity index (χ1v) is 7.67. The number of aryl methyl sites for hydroxylation is 1. The second kappa shape index (κ2) is 6.00. The predicted molar refractivity (Wildman–Crippen MR) is 86.3 cm³/mol. The van der Waals surface area contributed by atoms with E-state index in [2.05, 4.69) is 26.1 Å². The van der Waals surface area contributed by atoms with Crippen molar-refractivity contribution in [3.63, 3.8) is 0 Å². The molecule has 0 bridgehead atoms. The maximum Gasteiger partial charge on any atom is 0.248 e. The minimum Gasteiger partial charge on any atom is -0.419 e. The molecule has 3 aromatic rings. The minimum atomic E-state index is -0.445. The van der Waals surface area contributed by atoms with Gasteiger partial charge in [-0.15, -0.1) is 21.8 Å². The quantitative estimate of drug-likeness (QED) is 0.605. The molecule has 0 N–H and O–H groups in total. The fraction of sp³-hybridized carbons (Fsp3) is 0.125. The van der Waals surface area contributed by atoms with Crippen molar-refractivity contribution in [2.75, 3.05) is 0 Å². The van der Waals surface area contributed by atoms with E-state index < -0.39 is 5.38 Å². The van der Waals surface area contributed by atoms with E-state index in [0.717, 1.165) is 21.2 Å². The van der Waals surface area contributed by atoms with Crippen LogP contribution in [-0.2, 0) is 0 Å². The van der Waals surface area contributed by atoms with Crippen LogP contribution in [0.2, 0.25) is 0 Å². The fourth-order valence-corrected chi connectivity index (χ4v) is 2.63. The molecule has 0 amide bonds. The summed E-state index contributed by atoms with van der Waals surface area (Å²) in [5.74, 6) is 0.877. The summed E-state index contributed by atoms with van der Waals surface area (Å²) in [6.07, 6.45) is 0. The highest BCUT2D eigenvalue weighted by Gasteiger charge is 2.19. The van der Waals surface area contributed by atoms with E-state index in [1.54, 1.807) is 0 Å². The highest BCUT2D eigenvalue weighted by molar-refractivity contribution is 9.10. The van der Waals surface area contributed by atoms with Gasteiger partial charge in [-0.2, -0.15) is 0 Å². The molecule has 0 aliphatic carbocycles. The second-order valence-corrected chi connectivity index (χ2v) is 6.03. The third-order valence-corrected chi connectivity index (χ3v) is 4.11. The van der Waals surface area contributed by atoms with Gasteiger partial charge in [-0.3, -0.25) is 0 Å². The molecule has 2 aromatic carbocycles. The van der Waals surface area contributed by atoms with E-state index in [-0.39, 0.29) is 0 Å². The lowest BCUT2D eigenvalue weighted by Crippen LogP contribution is -1.92. The average Bonchev–Trinajstić information content (AvgIpc) is 2.99. The molecular formula is C16H12BrClN2O. The van der Waals surface area contributed by atoms with Crippen LogP contribution in [0.1, 0.15) is 22.4 Å². The van der Waals surface area contributed by atoms with Crippen molar-refractivity contribution in [1.29, 1.82) is 0 Å². The molecule has 0 radical (unpaired) electrons. The van der Waals surface area contributed by atoms with Crippen LogP contribution in [0.3, 0.4) is 0 Å². The van der Waals surface area contributed by atoms with Crippen molar-refractivity contribution in [2.45, 2.75) is 12.3 Å². The highest BCUT2D eigenvalue weighted by atomic mass is 79.9. The highest BCUT2D eigenvalue weighted by Crippen LogP contribution is 2.31. The molecule has 3 rings (SSSR count). The Bertz CT molecular complexity index is 758. The third-order valence-electron chi connectivity index (χ3n) is 3.18. The summed E-state index contributed by atoms with van der Waals surface area (Å²) in [5.41, 5.74) is 2.90. The second-order valence-electron chi connectivity index (χ2n) is 4.68. The number of halogens is 2. The van der Waals surface area contributed by atoms with Crippen LogP contribution in [0, 0.1) is 6.92 Å². The van der Waals surface area contributed by atoms with Crippen LogP contribution in [0.15, 0.2) is 57.4 Å². The molecule has 1 aromatic heterocycles. The number of hydrogen-bond donors (Lipinski definition) is 0. The van der Waals surface area contributed by atoms with Gasteiger partial charge in [0.05, 0.1) is 0 Å². The van der Waals surface area contributed by atoms with Gasteiger partial charge in [-0.05, 0) is 30.2 Å². The van der Waals surface area contributed by atoms with Gasteiger partial charge in [0.15, 0.2) is 0 Å². The Labute approximate surface area is 136 Å². The Hall–Kier alpha value is -1.65. The molecule has 0 aliphatic rings. The lowest BCUT2D eigenvalue weighted by atomic mass is 10.1. The van der Waals surface area contributed by atoms with Crippen LogP contribution >= 0.6 is 27.5 Å². The molecule has 106 valence electrons. The van der Waals surface area contributed by atoms with Crippen molar-refractivity contribution in [2.24, 2.45) is 0 Å². The number of hydrogen-bond acceptors (Lipinski definition) is 3. The SMILES string of the molecule is Cc1ccc(Br)cc1-c1nnc(C(Cl)c2ccccc2)o1. The van der Waals surface area contributed by atoms with E-state index in [9.17, 15) is 0 Å². The van der Waals surface area contributed by atoms with E-state index in [4.69, 9.17) is 16.0 Å². The van der Waals surface area contributed by atoms with E-state index in [0.29, 0.717) is 11.8 Å². The first-order valence-electron chi connectivity index (χ1n) is 6.44. The Kier molecular flexibility index (Phi) is 4.08. The maximum absolute atomic E-state index is 6.40. The monoisotopic (exact) mass is 362 g/mol. The Morgan fingerprint density at radius 3 is 2.62 bits per heavy atom. The molecule has 0 saturated carbocycles. The first kappa shape index (κ1) is 14.3. The number of nitrogens with zero attached hydrogens (tertiary/aromatic N) is 2. The normalized spacial score (nSPS) is 12.3. The van der Waals surface area contributed by atoms with Gasteiger partial charge in [0.1, 0.15) is 5.38 Å². The summed E-state index contributed by atoms with van der Waals surface area (Å²) in [6, 6.07) is 15.6. The van der Waals surface area contributed by atoms with E-state index in [1.165, 1.54) is 0 Å². The zero-order chi connectivity index (χ0) is 14.8. The standard InChI is InChI=1S/C16H12BrClN2O/c1-10-7-8-12(17)9-13(10)15-19-20-16(21-15)14(18)11-5-3-2-4-6-11/h2-9,14H,1H3. The van der Waals surface area contributed by atoms with Gasteiger partial charge in [0.25, 0.3) is 0 Å². The molecule has 3 nitrogen and oxygen atoms in total. The molecule has 0 fully saturated rings. The molecule has 1 heterocycles. The van der Waals surface area contributed by atoms with E-state index >= 15 is 0 Å². The van der Waals surface area contributed by atoms with Crippen LogP contribution in [-0.4, -0.2) is 10.2 Å². The van der Waals surface area contributed by atoms with Crippen LogP contribution in [0.5, 0.6) is 0 Å². The van der Waals surface area contributed by atoms with Crippen molar-refractivity contribution in [1.82, 2.24) is 10.2 Å². The largest absolute Gasteiger partial charge is 0.419 e. The minimum absolute atomic E-state index is 0.400. The summed E-state index contributed by atoms with van der Waals surface area (Å²) in [7, 11) is 0. The number of rotatable bonds is 3. The Balaban J connectivity index is 1.95. The predicted octanol–water partition coefficient (Wildman–Crippen LogP) is 5.14. The van der Waals surface area contributed by atoms with Gasteiger partial charge >= 0.3 is 0 Å². The van der Waals surface area contributed by atoms with Crippen LogP contribution in [0.4, 0.5) is 0 Å². The Morgan fingerprint density at radius 2 is 1.86 bits per heavy atom. The van der Waals surface area contributed by atoms with Gasteiger partial charge in [-0.25, -0.2) is 0 Å².